The Kier molecular flexibility index (Phi) is 5.99. The number of fused-ring (bicyclic) bond motifs is 1. The molecular weight excluding hydrogens is 396 g/mol. The molecule has 0 spiro atoms. The summed E-state index contributed by atoms with van der Waals surface area (Å²) in [5.41, 5.74) is 2.70. The molecule has 2 aromatic rings. The summed E-state index contributed by atoms with van der Waals surface area (Å²) >= 11 is 6.47. The molecule has 0 radical (unpaired) electrons. The minimum atomic E-state index is -1.13. The first-order chi connectivity index (χ1) is 14.0. The van der Waals surface area contributed by atoms with Crippen molar-refractivity contribution < 1.29 is 29.2 Å². The van der Waals surface area contributed by atoms with Crippen molar-refractivity contribution in [3.8, 4) is 11.5 Å². The first kappa shape index (κ1) is 20.4. The summed E-state index contributed by atoms with van der Waals surface area (Å²) in [6, 6.07) is 11.5. The van der Waals surface area contributed by atoms with Gasteiger partial charge in [0.25, 0.3) is 0 Å². The van der Waals surface area contributed by atoms with Crippen molar-refractivity contribution in [2.75, 3.05) is 26.9 Å². The number of hydrogen-bond donors (Lipinski definition) is 2. The second kappa shape index (κ2) is 8.50. The number of hydrogen-bond acceptors (Lipinski definition) is 6. The minimum absolute atomic E-state index is 0.181. The zero-order chi connectivity index (χ0) is 20.4. The van der Waals surface area contributed by atoms with E-state index in [0.717, 1.165) is 28.2 Å². The average Bonchev–Trinajstić information content (AvgIpc) is 2.74. The molecule has 2 heterocycles. The van der Waals surface area contributed by atoms with Gasteiger partial charge in [-0.3, -0.25) is 0 Å². The second-order valence-corrected chi connectivity index (χ2v) is 7.84. The quantitative estimate of drug-likeness (QED) is 0.774. The molecule has 1 saturated heterocycles. The topological polar surface area (TPSA) is 77.4 Å². The van der Waals surface area contributed by atoms with Gasteiger partial charge in [0.1, 0.15) is 13.2 Å². The van der Waals surface area contributed by atoms with Crippen LogP contribution in [0.1, 0.15) is 29.5 Å². The van der Waals surface area contributed by atoms with Crippen LogP contribution in [-0.4, -0.2) is 49.4 Å². The van der Waals surface area contributed by atoms with Crippen molar-refractivity contribution in [2.24, 2.45) is 0 Å². The maximum Gasteiger partial charge on any atom is 0.197 e. The molecule has 6 nitrogen and oxygen atoms in total. The van der Waals surface area contributed by atoms with E-state index >= 15 is 0 Å². The molecule has 1 fully saturated rings. The van der Waals surface area contributed by atoms with Crippen molar-refractivity contribution in [3.05, 3.63) is 58.1 Å². The summed E-state index contributed by atoms with van der Waals surface area (Å²) in [5, 5.41) is 20.5. The lowest BCUT2D eigenvalue weighted by atomic mass is 9.91. The zero-order valence-electron chi connectivity index (χ0n) is 16.3. The van der Waals surface area contributed by atoms with E-state index in [0.29, 0.717) is 31.1 Å². The first-order valence-electron chi connectivity index (χ1n) is 9.72. The average molecular weight is 421 g/mol. The van der Waals surface area contributed by atoms with Gasteiger partial charge in [0.2, 0.25) is 0 Å². The van der Waals surface area contributed by atoms with Gasteiger partial charge >= 0.3 is 0 Å². The summed E-state index contributed by atoms with van der Waals surface area (Å²) < 4.78 is 23.0. The lowest BCUT2D eigenvalue weighted by molar-refractivity contribution is -0.298. The van der Waals surface area contributed by atoms with E-state index in [9.17, 15) is 10.2 Å². The molecule has 2 aliphatic heterocycles. The van der Waals surface area contributed by atoms with E-state index in [1.807, 2.05) is 36.4 Å². The van der Waals surface area contributed by atoms with Gasteiger partial charge in [-0.2, -0.15) is 0 Å². The molecule has 4 rings (SSSR count). The molecule has 3 atom stereocenters. The van der Waals surface area contributed by atoms with Gasteiger partial charge < -0.3 is 29.2 Å². The standard InChI is InChI=1S/C22H25ClO6/c1-26-22(12-17(25)11-18(13-24)29-22)16-3-4-19(23)15(10-16)8-14-2-5-20-21(9-14)28-7-6-27-20/h2-5,9-10,17-18,24-25H,6-8,11-13H2,1H3. The van der Waals surface area contributed by atoms with Crippen molar-refractivity contribution in [1.29, 1.82) is 0 Å². The smallest absolute Gasteiger partial charge is 0.197 e. The maximum absolute atomic E-state index is 10.3. The van der Waals surface area contributed by atoms with Gasteiger partial charge in [-0.1, -0.05) is 23.7 Å². The SMILES string of the molecule is COC1(c2ccc(Cl)c(Cc3ccc4c(c3)OCCO4)c2)CC(O)CC(CO)O1. The van der Waals surface area contributed by atoms with E-state index in [1.165, 1.54) is 0 Å². The van der Waals surface area contributed by atoms with Crippen molar-refractivity contribution in [1.82, 2.24) is 0 Å². The Labute approximate surface area is 174 Å². The van der Waals surface area contributed by atoms with Crippen LogP contribution in [0.5, 0.6) is 11.5 Å². The predicted octanol–water partition coefficient (Wildman–Crippen LogP) is 3.03. The summed E-state index contributed by atoms with van der Waals surface area (Å²) in [5.74, 6) is 0.355. The third-order valence-corrected chi connectivity index (χ3v) is 5.79. The molecule has 0 bridgehead atoms. The normalized spacial score (nSPS) is 26.3. The highest BCUT2D eigenvalue weighted by Gasteiger charge is 2.43. The minimum Gasteiger partial charge on any atom is -0.486 e. The Bertz CT molecular complexity index is 872. The molecule has 156 valence electrons. The summed E-state index contributed by atoms with van der Waals surface area (Å²) in [4.78, 5) is 0. The highest BCUT2D eigenvalue weighted by Crippen LogP contribution is 2.40. The van der Waals surface area contributed by atoms with Crippen LogP contribution in [0.15, 0.2) is 36.4 Å². The molecule has 0 aromatic heterocycles. The summed E-state index contributed by atoms with van der Waals surface area (Å²) in [7, 11) is 1.54. The molecule has 7 heteroatoms. The molecule has 2 N–H and O–H groups in total. The zero-order valence-corrected chi connectivity index (χ0v) is 17.0. The number of rotatable bonds is 5. The molecule has 0 amide bonds. The largest absolute Gasteiger partial charge is 0.486 e. The van der Waals surface area contributed by atoms with Crippen molar-refractivity contribution in [2.45, 2.75) is 37.3 Å². The molecule has 29 heavy (non-hydrogen) atoms. The van der Waals surface area contributed by atoms with Crippen LogP contribution >= 0.6 is 11.6 Å². The van der Waals surface area contributed by atoms with Crippen LogP contribution in [0.25, 0.3) is 0 Å². The number of methoxy groups -OCH3 is 1. The van der Waals surface area contributed by atoms with E-state index in [-0.39, 0.29) is 13.0 Å². The molecular formula is C22H25ClO6. The Balaban J connectivity index is 1.63. The Morgan fingerprint density at radius 1 is 1.14 bits per heavy atom. The van der Waals surface area contributed by atoms with E-state index in [1.54, 1.807) is 7.11 Å². The number of halogens is 1. The molecule has 2 aromatic carbocycles. The molecule has 0 saturated carbocycles. The van der Waals surface area contributed by atoms with Gasteiger partial charge in [0.15, 0.2) is 17.3 Å². The van der Waals surface area contributed by atoms with Crippen LogP contribution in [0.3, 0.4) is 0 Å². The van der Waals surface area contributed by atoms with Gasteiger partial charge in [-0.15, -0.1) is 0 Å². The monoisotopic (exact) mass is 420 g/mol. The summed E-state index contributed by atoms with van der Waals surface area (Å²) in [6.45, 7) is 0.911. The fraction of sp³-hybridized carbons (Fsp3) is 0.455. The molecule has 3 unspecified atom stereocenters. The second-order valence-electron chi connectivity index (χ2n) is 7.43. The Morgan fingerprint density at radius 2 is 1.93 bits per heavy atom. The number of aliphatic hydroxyl groups excluding tert-OH is 2. The Hall–Kier alpha value is -1.83. The van der Waals surface area contributed by atoms with E-state index in [4.69, 9.17) is 30.5 Å². The van der Waals surface area contributed by atoms with Gasteiger partial charge in [0.05, 0.1) is 18.8 Å². The van der Waals surface area contributed by atoms with Crippen LogP contribution in [-0.2, 0) is 21.7 Å². The van der Waals surface area contributed by atoms with Gasteiger partial charge in [0, 0.05) is 30.5 Å². The van der Waals surface area contributed by atoms with E-state index < -0.39 is 18.0 Å². The number of benzene rings is 2. The van der Waals surface area contributed by atoms with E-state index in [2.05, 4.69) is 0 Å². The lowest BCUT2D eigenvalue weighted by Gasteiger charge is -2.42. The van der Waals surface area contributed by atoms with Gasteiger partial charge in [-0.05, 0) is 41.8 Å². The number of ether oxygens (including phenoxy) is 4. The van der Waals surface area contributed by atoms with Crippen LogP contribution < -0.4 is 9.47 Å². The fourth-order valence-electron chi connectivity index (χ4n) is 3.97. The lowest BCUT2D eigenvalue weighted by Crippen LogP contribution is -2.46. The maximum atomic E-state index is 10.3. The van der Waals surface area contributed by atoms with Crippen LogP contribution in [0.4, 0.5) is 0 Å². The third kappa shape index (κ3) is 4.22. The predicted molar refractivity (Wildman–Crippen MR) is 108 cm³/mol. The highest BCUT2D eigenvalue weighted by molar-refractivity contribution is 6.31. The molecule has 0 aliphatic carbocycles. The summed E-state index contributed by atoms with van der Waals surface area (Å²) in [6.07, 6.45) is 0.132. The van der Waals surface area contributed by atoms with Crippen molar-refractivity contribution in [3.63, 3.8) is 0 Å². The van der Waals surface area contributed by atoms with Crippen molar-refractivity contribution >= 4 is 11.6 Å². The highest BCUT2D eigenvalue weighted by atomic mass is 35.5. The fourth-order valence-corrected chi connectivity index (χ4v) is 4.16. The first-order valence-corrected chi connectivity index (χ1v) is 10.1. The number of aliphatic hydroxyl groups is 2. The molecule has 2 aliphatic rings. The Morgan fingerprint density at radius 3 is 2.69 bits per heavy atom. The van der Waals surface area contributed by atoms with Crippen LogP contribution in [0.2, 0.25) is 5.02 Å². The van der Waals surface area contributed by atoms with Crippen LogP contribution in [0, 0.1) is 0 Å². The third-order valence-electron chi connectivity index (χ3n) is 5.42. The van der Waals surface area contributed by atoms with Gasteiger partial charge in [-0.25, -0.2) is 0 Å².